The molecule has 1 unspecified atom stereocenters. The second kappa shape index (κ2) is 3.53. The minimum Gasteiger partial charge on any atom is -0.313 e. The van der Waals surface area contributed by atoms with Gasteiger partial charge in [0, 0.05) is 25.7 Å². The number of rotatable bonds is 2. The molecule has 13 heavy (non-hydrogen) atoms. The number of nitrogens with zero attached hydrogens (tertiary/aromatic N) is 1. The molecule has 0 aromatic rings. The van der Waals surface area contributed by atoms with Gasteiger partial charge in [0.15, 0.2) is 0 Å². The van der Waals surface area contributed by atoms with Crippen LogP contribution < -0.4 is 10.0 Å². The molecule has 2 fully saturated rings. The van der Waals surface area contributed by atoms with Crippen LogP contribution in [-0.4, -0.2) is 44.9 Å². The summed E-state index contributed by atoms with van der Waals surface area (Å²) in [7, 11) is -3.13. The molecule has 2 N–H and O–H groups in total. The molecular weight excluding hydrogens is 190 g/mol. The summed E-state index contributed by atoms with van der Waals surface area (Å²) in [5.74, 6) is 0. The van der Waals surface area contributed by atoms with Gasteiger partial charge in [-0.2, -0.15) is 12.7 Å². The SMILES string of the molecule is O=S1(=O)NCCN1CC1CCCN1. The van der Waals surface area contributed by atoms with Crippen LogP contribution in [0.15, 0.2) is 0 Å². The van der Waals surface area contributed by atoms with E-state index in [-0.39, 0.29) is 0 Å². The van der Waals surface area contributed by atoms with Crippen molar-refractivity contribution in [3.63, 3.8) is 0 Å². The Hall–Kier alpha value is -0.170. The summed E-state index contributed by atoms with van der Waals surface area (Å²) < 4.78 is 26.7. The molecule has 2 aliphatic heterocycles. The average Bonchev–Trinajstić information content (AvgIpc) is 2.63. The summed E-state index contributed by atoms with van der Waals surface area (Å²) in [4.78, 5) is 0. The van der Waals surface area contributed by atoms with Gasteiger partial charge in [-0.15, -0.1) is 0 Å². The van der Waals surface area contributed by atoms with Crippen LogP contribution in [0, 0.1) is 0 Å². The van der Waals surface area contributed by atoms with E-state index in [1.165, 1.54) is 4.31 Å². The summed E-state index contributed by atoms with van der Waals surface area (Å²) in [6.07, 6.45) is 2.25. The zero-order chi connectivity index (χ0) is 9.31. The second-order valence-electron chi connectivity index (χ2n) is 3.55. The van der Waals surface area contributed by atoms with Crippen LogP contribution in [0.2, 0.25) is 0 Å². The van der Waals surface area contributed by atoms with Gasteiger partial charge in [0.05, 0.1) is 0 Å². The van der Waals surface area contributed by atoms with E-state index in [4.69, 9.17) is 0 Å². The monoisotopic (exact) mass is 205 g/mol. The maximum atomic E-state index is 11.3. The highest BCUT2D eigenvalue weighted by Gasteiger charge is 2.30. The minimum absolute atomic E-state index is 0.356. The van der Waals surface area contributed by atoms with Gasteiger partial charge in [0.1, 0.15) is 0 Å². The molecule has 1 atom stereocenters. The number of nitrogens with one attached hydrogen (secondary N) is 2. The van der Waals surface area contributed by atoms with Crippen molar-refractivity contribution >= 4 is 10.2 Å². The lowest BCUT2D eigenvalue weighted by Gasteiger charge is -2.17. The van der Waals surface area contributed by atoms with Gasteiger partial charge in [-0.25, -0.2) is 4.72 Å². The fourth-order valence-electron chi connectivity index (χ4n) is 1.86. The van der Waals surface area contributed by atoms with Gasteiger partial charge in [-0.05, 0) is 19.4 Å². The van der Waals surface area contributed by atoms with Crippen LogP contribution in [0.25, 0.3) is 0 Å². The Morgan fingerprint density at radius 3 is 2.77 bits per heavy atom. The summed E-state index contributed by atoms with van der Waals surface area (Å²) in [6.45, 7) is 2.80. The molecule has 0 aliphatic carbocycles. The topological polar surface area (TPSA) is 61.4 Å². The third-order valence-corrected chi connectivity index (χ3v) is 4.15. The molecule has 2 saturated heterocycles. The first kappa shape index (κ1) is 9.39. The molecule has 0 amide bonds. The van der Waals surface area contributed by atoms with E-state index in [0.717, 1.165) is 19.4 Å². The Balaban J connectivity index is 1.94. The average molecular weight is 205 g/mol. The summed E-state index contributed by atoms with van der Waals surface area (Å²) in [5, 5.41) is 3.29. The van der Waals surface area contributed by atoms with Crippen LogP contribution in [0.5, 0.6) is 0 Å². The number of hydrogen-bond acceptors (Lipinski definition) is 3. The fourth-order valence-corrected chi connectivity index (χ4v) is 3.10. The zero-order valence-corrected chi connectivity index (χ0v) is 8.31. The lowest BCUT2D eigenvalue weighted by molar-refractivity contribution is 0.398. The standard InChI is InChI=1S/C7H15N3O2S/c11-13(12)9-4-5-10(13)6-7-2-1-3-8-7/h7-9H,1-6H2. The molecular formula is C7H15N3O2S. The number of hydrogen-bond donors (Lipinski definition) is 2. The van der Waals surface area contributed by atoms with Crippen LogP contribution in [0.4, 0.5) is 0 Å². The van der Waals surface area contributed by atoms with Gasteiger partial charge >= 0.3 is 0 Å². The van der Waals surface area contributed by atoms with E-state index in [9.17, 15) is 8.42 Å². The van der Waals surface area contributed by atoms with Crippen molar-refractivity contribution in [2.45, 2.75) is 18.9 Å². The molecule has 0 aromatic heterocycles. The molecule has 0 spiro atoms. The van der Waals surface area contributed by atoms with E-state index in [1.54, 1.807) is 0 Å². The Kier molecular flexibility index (Phi) is 2.55. The van der Waals surface area contributed by atoms with Crippen molar-refractivity contribution in [1.82, 2.24) is 14.3 Å². The first-order valence-corrected chi connectivity index (χ1v) is 6.10. The smallest absolute Gasteiger partial charge is 0.279 e. The van der Waals surface area contributed by atoms with Crippen LogP contribution in [0.1, 0.15) is 12.8 Å². The highest BCUT2D eigenvalue weighted by molar-refractivity contribution is 7.87. The van der Waals surface area contributed by atoms with Crippen molar-refractivity contribution in [1.29, 1.82) is 0 Å². The lowest BCUT2D eigenvalue weighted by Crippen LogP contribution is -2.39. The predicted molar refractivity (Wildman–Crippen MR) is 49.5 cm³/mol. The third-order valence-electron chi connectivity index (χ3n) is 2.57. The molecule has 76 valence electrons. The molecule has 2 rings (SSSR count). The second-order valence-corrected chi connectivity index (χ2v) is 5.31. The molecule has 0 bridgehead atoms. The molecule has 0 saturated carbocycles. The minimum atomic E-state index is -3.13. The first-order chi connectivity index (χ1) is 6.18. The van der Waals surface area contributed by atoms with Crippen LogP contribution >= 0.6 is 0 Å². The molecule has 2 aliphatic rings. The third kappa shape index (κ3) is 2.01. The van der Waals surface area contributed by atoms with Gasteiger partial charge in [-0.1, -0.05) is 0 Å². The van der Waals surface area contributed by atoms with Gasteiger partial charge in [0.25, 0.3) is 10.2 Å². The van der Waals surface area contributed by atoms with E-state index in [1.807, 2.05) is 0 Å². The van der Waals surface area contributed by atoms with Crippen molar-refractivity contribution < 1.29 is 8.42 Å². The predicted octanol–water partition coefficient (Wildman–Crippen LogP) is -1.11. The van der Waals surface area contributed by atoms with E-state index < -0.39 is 10.2 Å². The summed E-state index contributed by atoms with van der Waals surface area (Å²) in [6, 6.07) is 0.356. The molecule has 0 aromatic carbocycles. The lowest BCUT2D eigenvalue weighted by atomic mass is 10.2. The molecule has 0 radical (unpaired) electrons. The quantitative estimate of drug-likeness (QED) is 0.601. The maximum absolute atomic E-state index is 11.3. The Morgan fingerprint density at radius 2 is 2.23 bits per heavy atom. The fraction of sp³-hybridized carbons (Fsp3) is 1.00. The van der Waals surface area contributed by atoms with E-state index >= 15 is 0 Å². The first-order valence-electron chi connectivity index (χ1n) is 4.66. The molecule has 6 heteroatoms. The van der Waals surface area contributed by atoms with Crippen LogP contribution in [0.3, 0.4) is 0 Å². The maximum Gasteiger partial charge on any atom is 0.279 e. The van der Waals surface area contributed by atoms with Crippen LogP contribution in [-0.2, 0) is 10.2 Å². The molecule has 2 heterocycles. The van der Waals surface area contributed by atoms with Gasteiger partial charge in [0.2, 0.25) is 0 Å². The van der Waals surface area contributed by atoms with E-state index in [0.29, 0.717) is 25.7 Å². The van der Waals surface area contributed by atoms with E-state index in [2.05, 4.69) is 10.0 Å². The van der Waals surface area contributed by atoms with Crippen molar-refractivity contribution in [2.75, 3.05) is 26.2 Å². The Labute approximate surface area is 78.7 Å². The Bertz CT molecular complexity index is 271. The summed E-state index contributed by atoms with van der Waals surface area (Å²) in [5.41, 5.74) is 0. The normalized spacial score (nSPS) is 34.0. The van der Waals surface area contributed by atoms with Crippen molar-refractivity contribution in [3.05, 3.63) is 0 Å². The van der Waals surface area contributed by atoms with Gasteiger partial charge in [-0.3, -0.25) is 0 Å². The van der Waals surface area contributed by atoms with Gasteiger partial charge < -0.3 is 5.32 Å². The summed E-state index contributed by atoms with van der Waals surface area (Å²) >= 11 is 0. The zero-order valence-electron chi connectivity index (χ0n) is 7.49. The van der Waals surface area contributed by atoms with Crippen molar-refractivity contribution in [3.8, 4) is 0 Å². The Morgan fingerprint density at radius 1 is 1.38 bits per heavy atom. The largest absolute Gasteiger partial charge is 0.313 e. The van der Waals surface area contributed by atoms with Crippen molar-refractivity contribution in [2.24, 2.45) is 0 Å². The highest BCUT2D eigenvalue weighted by atomic mass is 32.2. The highest BCUT2D eigenvalue weighted by Crippen LogP contribution is 2.11. The molecule has 5 nitrogen and oxygen atoms in total.